The van der Waals surface area contributed by atoms with Crippen molar-refractivity contribution in [3.8, 4) is 5.75 Å². The van der Waals surface area contributed by atoms with E-state index in [0.29, 0.717) is 6.61 Å². The molecule has 0 heterocycles. The van der Waals surface area contributed by atoms with Crippen LogP contribution in [-0.2, 0) is 6.61 Å². The zero-order valence-electron chi connectivity index (χ0n) is 11.9. The van der Waals surface area contributed by atoms with Crippen molar-refractivity contribution in [3.05, 3.63) is 65.2 Å². The third-order valence-corrected chi connectivity index (χ3v) is 3.31. The van der Waals surface area contributed by atoms with E-state index in [1.165, 1.54) is 0 Å². The molecule has 3 heteroatoms. The Kier molecular flexibility index (Phi) is 4.77. The summed E-state index contributed by atoms with van der Waals surface area (Å²) < 4.78 is 5.76. The fraction of sp³-hybridized carbons (Fsp3) is 0.294. The Hall–Kier alpha value is -1.84. The van der Waals surface area contributed by atoms with Crippen LogP contribution in [-0.4, -0.2) is 11.1 Å². The lowest BCUT2D eigenvalue weighted by Gasteiger charge is -2.18. The molecule has 0 unspecified atom stereocenters. The average molecular weight is 271 g/mol. The van der Waals surface area contributed by atoms with Crippen LogP contribution in [0.4, 0.5) is 0 Å². The van der Waals surface area contributed by atoms with Crippen molar-refractivity contribution in [1.82, 2.24) is 0 Å². The standard InChI is InChI=1S/C17H21NO2/c1-12-10-15(8-9-16(12)17(19)13(2)18)20-11-14-6-4-3-5-7-14/h3-10,13,17,19H,11,18H2,1-2H3/t13-,17-/m1/s1. The van der Waals surface area contributed by atoms with Crippen LogP contribution in [0.2, 0.25) is 0 Å². The van der Waals surface area contributed by atoms with Crippen molar-refractivity contribution in [2.45, 2.75) is 32.6 Å². The smallest absolute Gasteiger partial charge is 0.120 e. The first-order valence-corrected chi connectivity index (χ1v) is 6.79. The maximum Gasteiger partial charge on any atom is 0.120 e. The fourth-order valence-electron chi connectivity index (χ4n) is 2.09. The van der Waals surface area contributed by atoms with Crippen LogP contribution in [0.5, 0.6) is 5.75 Å². The van der Waals surface area contributed by atoms with E-state index in [9.17, 15) is 5.11 Å². The van der Waals surface area contributed by atoms with E-state index in [1.54, 1.807) is 6.92 Å². The summed E-state index contributed by atoms with van der Waals surface area (Å²) in [7, 11) is 0. The molecule has 20 heavy (non-hydrogen) atoms. The summed E-state index contributed by atoms with van der Waals surface area (Å²) in [6, 6.07) is 15.4. The van der Waals surface area contributed by atoms with Crippen LogP contribution >= 0.6 is 0 Å². The monoisotopic (exact) mass is 271 g/mol. The largest absolute Gasteiger partial charge is 0.489 e. The van der Waals surface area contributed by atoms with Crippen molar-refractivity contribution in [3.63, 3.8) is 0 Å². The number of benzene rings is 2. The Morgan fingerprint density at radius 1 is 1.15 bits per heavy atom. The topological polar surface area (TPSA) is 55.5 Å². The van der Waals surface area contributed by atoms with Gasteiger partial charge in [0.2, 0.25) is 0 Å². The maximum absolute atomic E-state index is 10.0. The Labute approximate surface area is 120 Å². The van der Waals surface area contributed by atoms with Crippen LogP contribution in [0.25, 0.3) is 0 Å². The summed E-state index contributed by atoms with van der Waals surface area (Å²) in [4.78, 5) is 0. The summed E-state index contributed by atoms with van der Waals surface area (Å²) >= 11 is 0. The molecule has 0 aromatic heterocycles. The zero-order valence-corrected chi connectivity index (χ0v) is 11.9. The van der Waals surface area contributed by atoms with E-state index in [0.717, 1.165) is 22.4 Å². The second-order valence-electron chi connectivity index (χ2n) is 5.10. The summed E-state index contributed by atoms with van der Waals surface area (Å²) in [6.45, 7) is 4.29. The molecule has 3 nitrogen and oxygen atoms in total. The number of aliphatic hydroxyl groups excluding tert-OH is 1. The van der Waals surface area contributed by atoms with Gasteiger partial charge < -0.3 is 15.6 Å². The van der Waals surface area contributed by atoms with Gasteiger partial charge in [-0.15, -0.1) is 0 Å². The Morgan fingerprint density at radius 2 is 1.85 bits per heavy atom. The van der Waals surface area contributed by atoms with Gasteiger partial charge in [-0.25, -0.2) is 0 Å². The highest BCUT2D eigenvalue weighted by Crippen LogP contribution is 2.24. The third kappa shape index (κ3) is 3.59. The average Bonchev–Trinajstić information content (AvgIpc) is 2.45. The van der Waals surface area contributed by atoms with E-state index in [4.69, 9.17) is 10.5 Å². The highest BCUT2D eigenvalue weighted by atomic mass is 16.5. The summed E-state index contributed by atoms with van der Waals surface area (Å²) in [6.07, 6.45) is -0.641. The lowest BCUT2D eigenvalue weighted by atomic mass is 9.99. The Balaban J connectivity index is 2.06. The number of hydrogen-bond acceptors (Lipinski definition) is 3. The zero-order chi connectivity index (χ0) is 14.5. The predicted octanol–water partition coefficient (Wildman–Crippen LogP) is 2.95. The highest BCUT2D eigenvalue weighted by molar-refractivity contribution is 5.36. The molecule has 0 fully saturated rings. The molecule has 0 spiro atoms. The molecule has 0 saturated carbocycles. The molecule has 0 amide bonds. The number of hydrogen-bond donors (Lipinski definition) is 2. The van der Waals surface area contributed by atoms with Gasteiger partial charge in [-0.05, 0) is 42.7 Å². The lowest BCUT2D eigenvalue weighted by Crippen LogP contribution is -2.24. The normalized spacial score (nSPS) is 13.8. The van der Waals surface area contributed by atoms with Gasteiger partial charge in [-0.1, -0.05) is 36.4 Å². The van der Waals surface area contributed by atoms with Crippen LogP contribution in [0.1, 0.15) is 29.7 Å². The van der Waals surface area contributed by atoms with Gasteiger partial charge in [-0.3, -0.25) is 0 Å². The fourth-order valence-corrected chi connectivity index (χ4v) is 2.09. The predicted molar refractivity (Wildman–Crippen MR) is 80.6 cm³/mol. The van der Waals surface area contributed by atoms with Crippen LogP contribution in [0, 0.1) is 6.92 Å². The molecule has 2 aromatic rings. The number of rotatable bonds is 5. The SMILES string of the molecule is Cc1cc(OCc2ccccc2)ccc1[C@H](O)[C@@H](C)N. The van der Waals surface area contributed by atoms with Crippen LogP contribution in [0.15, 0.2) is 48.5 Å². The summed E-state index contributed by atoms with van der Waals surface area (Å²) in [5.41, 5.74) is 8.70. The molecular weight excluding hydrogens is 250 g/mol. The summed E-state index contributed by atoms with van der Waals surface area (Å²) in [5, 5.41) is 10.0. The van der Waals surface area contributed by atoms with Gasteiger partial charge >= 0.3 is 0 Å². The number of nitrogens with two attached hydrogens (primary N) is 1. The summed E-state index contributed by atoms with van der Waals surface area (Å²) in [5.74, 6) is 0.798. The molecule has 0 bridgehead atoms. The van der Waals surface area contributed by atoms with E-state index < -0.39 is 6.10 Å². The molecule has 0 aliphatic rings. The van der Waals surface area contributed by atoms with Crippen molar-refractivity contribution < 1.29 is 9.84 Å². The molecule has 2 aromatic carbocycles. The molecule has 0 aliphatic carbocycles. The molecule has 3 N–H and O–H groups in total. The minimum absolute atomic E-state index is 0.287. The molecule has 0 radical (unpaired) electrons. The van der Waals surface area contributed by atoms with E-state index in [2.05, 4.69) is 0 Å². The van der Waals surface area contributed by atoms with Gasteiger partial charge in [0.05, 0.1) is 6.10 Å². The maximum atomic E-state index is 10.0. The molecule has 106 valence electrons. The quantitative estimate of drug-likeness (QED) is 0.879. The minimum atomic E-state index is -0.641. The highest BCUT2D eigenvalue weighted by Gasteiger charge is 2.15. The third-order valence-electron chi connectivity index (χ3n) is 3.31. The Bertz CT molecular complexity index is 552. The minimum Gasteiger partial charge on any atom is -0.489 e. The van der Waals surface area contributed by atoms with Gasteiger partial charge in [0, 0.05) is 6.04 Å². The van der Waals surface area contributed by atoms with Gasteiger partial charge in [-0.2, -0.15) is 0 Å². The van der Waals surface area contributed by atoms with Crippen molar-refractivity contribution in [2.75, 3.05) is 0 Å². The van der Waals surface area contributed by atoms with Gasteiger partial charge in [0.25, 0.3) is 0 Å². The van der Waals surface area contributed by atoms with Crippen molar-refractivity contribution in [2.24, 2.45) is 5.73 Å². The second-order valence-corrected chi connectivity index (χ2v) is 5.10. The first-order valence-electron chi connectivity index (χ1n) is 6.79. The second kappa shape index (κ2) is 6.55. The molecular formula is C17H21NO2. The number of aryl methyl sites for hydroxylation is 1. The first kappa shape index (κ1) is 14.6. The van der Waals surface area contributed by atoms with Crippen LogP contribution < -0.4 is 10.5 Å². The van der Waals surface area contributed by atoms with E-state index >= 15 is 0 Å². The van der Waals surface area contributed by atoms with E-state index in [1.807, 2.05) is 55.5 Å². The first-order chi connectivity index (χ1) is 9.58. The van der Waals surface area contributed by atoms with Gasteiger partial charge in [0.15, 0.2) is 0 Å². The van der Waals surface area contributed by atoms with Gasteiger partial charge in [0.1, 0.15) is 12.4 Å². The molecule has 2 rings (SSSR count). The molecule has 0 saturated heterocycles. The number of ether oxygens (including phenoxy) is 1. The lowest BCUT2D eigenvalue weighted by molar-refractivity contribution is 0.152. The van der Waals surface area contributed by atoms with E-state index in [-0.39, 0.29) is 6.04 Å². The van der Waals surface area contributed by atoms with Crippen LogP contribution in [0.3, 0.4) is 0 Å². The number of aliphatic hydroxyl groups is 1. The Morgan fingerprint density at radius 3 is 2.45 bits per heavy atom. The van der Waals surface area contributed by atoms with Crippen molar-refractivity contribution in [1.29, 1.82) is 0 Å². The molecule has 0 aliphatic heterocycles. The van der Waals surface area contributed by atoms with Crippen molar-refractivity contribution >= 4 is 0 Å². The molecule has 2 atom stereocenters.